The van der Waals surface area contributed by atoms with Crippen LogP contribution in [0.1, 0.15) is 23.8 Å². The highest BCUT2D eigenvalue weighted by Crippen LogP contribution is 2.30. The summed E-state index contributed by atoms with van der Waals surface area (Å²) in [5, 5.41) is 8.86. The van der Waals surface area contributed by atoms with Gasteiger partial charge in [0, 0.05) is 6.07 Å². The molecule has 1 saturated heterocycles. The van der Waals surface area contributed by atoms with Gasteiger partial charge in [0.1, 0.15) is 5.60 Å². The van der Waals surface area contributed by atoms with E-state index in [9.17, 15) is 9.59 Å². The van der Waals surface area contributed by atoms with Gasteiger partial charge in [-0.25, -0.2) is 9.78 Å². The zero-order chi connectivity index (χ0) is 14.9. The molecule has 8 heteroatoms. The fraction of sp³-hybridized carbons (Fsp3) is 0.417. The Morgan fingerprint density at radius 3 is 2.65 bits per heavy atom. The van der Waals surface area contributed by atoms with E-state index in [0.717, 1.165) is 0 Å². The van der Waals surface area contributed by atoms with Crippen molar-refractivity contribution in [3.8, 4) is 5.88 Å². The van der Waals surface area contributed by atoms with Crippen molar-refractivity contribution < 1.29 is 19.4 Å². The number of carboxylic acid groups (broad SMARTS) is 1. The van der Waals surface area contributed by atoms with Gasteiger partial charge < -0.3 is 26.2 Å². The Bertz CT molecular complexity index is 554. The molecule has 1 aromatic heterocycles. The minimum absolute atomic E-state index is 0.0526. The highest BCUT2D eigenvalue weighted by molar-refractivity contribution is 5.95. The highest BCUT2D eigenvalue weighted by atomic mass is 16.5. The number of ether oxygens (including phenoxy) is 1. The molecule has 0 unspecified atom stereocenters. The lowest BCUT2D eigenvalue weighted by Gasteiger charge is -2.47. The maximum Gasteiger partial charge on any atom is 0.407 e. The summed E-state index contributed by atoms with van der Waals surface area (Å²) in [5.41, 5.74) is 10.3. The van der Waals surface area contributed by atoms with Crippen LogP contribution >= 0.6 is 0 Å². The van der Waals surface area contributed by atoms with E-state index in [1.165, 1.54) is 17.0 Å². The Kier molecular flexibility index (Phi) is 3.39. The predicted molar refractivity (Wildman–Crippen MR) is 70.4 cm³/mol. The first-order chi connectivity index (χ1) is 9.37. The Hall–Kier alpha value is -2.51. The lowest BCUT2D eigenvalue weighted by Crippen LogP contribution is -2.66. The minimum Gasteiger partial charge on any atom is -0.467 e. The smallest absolute Gasteiger partial charge is 0.407 e. The fourth-order valence-corrected chi connectivity index (χ4v) is 2.07. The molecule has 0 saturated carbocycles. The first-order valence-corrected chi connectivity index (χ1v) is 6.10. The molecule has 1 aliphatic rings. The van der Waals surface area contributed by atoms with E-state index in [2.05, 4.69) is 4.98 Å². The Morgan fingerprint density at radius 2 is 2.15 bits per heavy atom. The maximum atomic E-state index is 11.2. The van der Waals surface area contributed by atoms with Crippen molar-refractivity contribution >= 4 is 17.7 Å². The van der Waals surface area contributed by atoms with E-state index in [1.54, 1.807) is 0 Å². The van der Waals surface area contributed by atoms with Crippen LogP contribution in [0.25, 0.3) is 0 Å². The molecule has 0 radical (unpaired) electrons. The van der Waals surface area contributed by atoms with Crippen LogP contribution in [0.4, 0.5) is 10.5 Å². The van der Waals surface area contributed by atoms with Gasteiger partial charge in [-0.2, -0.15) is 0 Å². The van der Waals surface area contributed by atoms with E-state index in [0.29, 0.717) is 6.42 Å². The number of carbonyl (C=O) groups is 2. The van der Waals surface area contributed by atoms with E-state index in [4.69, 9.17) is 21.3 Å². The number of nitrogens with zero attached hydrogens (tertiary/aromatic N) is 2. The zero-order valence-corrected chi connectivity index (χ0v) is 11.0. The second-order valence-corrected chi connectivity index (χ2v) is 4.73. The summed E-state index contributed by atoms with van der Waals surface area (Å²) < 4.78 is 5.73. The summed E-state index contributed by atoms with van der Waals surface area (Å²) >= 11 is 0. The fourth-order valence-electron chi connectivity index (χ4n) is 2.07. The molecule has 2 rings (SSSR count). The number of primary amides is 1. The van der Waals surface area contributed by atoms with Crippen molar-refractivity contribution in [1.82, 2.24) is 9.88 Å². The molecule has 1 aliphatic heterocycles. The molecule has 1 aromatic rings. The normalized spacial score (nSPS) is 16.4. The third kappa shape index (κ3) is 2.44. The van der Waals surface area contributed by atoms with Gasteiger partial charge >= 0.3 is 6.09 Å². The minimum atomic E-state index is -0.985. The molecule has 0 spiro atoms. The second-order valence-electron chi connectivity index (χ2n) is 4.73. The third-order valence-electron chi connectivity index (χ3n) is 3.33. The number of rotatable bonds is 4. The molecule has 108 valence electrons. The van der Waals surface area contributed by atoms with Crippen LogP contribution < -0.4 is 16.2 Å². The average molecular weight is 280 g/mol. The van der Waals surface area contributed by atoms with Crippen LogP contribution in [0, 0.1) is 0 Å². The predicted octanol–water partition coefficient (Wildman–Crippen LogP) is 0.284. The number of likely N-dealkylation sites (tertiary alicyclic amines) is 1. The zero-order valence-electron chi connectivity index (χ0n) is 11.0. The van der Waals surface area contributed by atoms with Gasteiger partial charge in [0.05, 0.1) is 18.8 Å². The maximum absolute atomic E-state index is 11.2. The topological polar surface area (TPSA) is 132 Å². The number of hydrogen-bond acceptors (Lipinski definition) is 5. The van der Waals surface area contributed by atoms with Crippen molar-refractivity contribution in [2.45, 2.75) is 18.9 Å². The van der Waals surface area contributed by atoms with Crippen LogP contribution in [0.3, 0.4) is 0 Å². The summed E-state index contributed by atoms with van der Waals surface area (Å²) in [7, 11) is 0. The van der Waals surface area contributed by atoms with Gasteiger partial charge in [-0.05, 0) is 12.5 Å². The SMILES string of the molecule is CCC1(Oc2ccc(N)c(C(N)=O)n2)CN(C(=O)O)C1. The molecule has 8 nitrogen and oxygen atoms in total. The van der Waals surface area contributed by atoms with Crippen LogP contribution in [-0.2, 0) is 0 Å². The molecule has 1 fully saturated rings. The van der Waals surface area contributed by atoms with Gasteiger partial charge in [0.2, 0.25) is 5.88 Å². The average Bonchev–Trinajstić information content (AvgIpc) is 2.34. The highest BCUT2D eigenvalue weighted by Gasteiger charge is 2.46. The molecular formula is C12H16N4O4. The van der Waals surface area contributed by atoms with Gasteiger partial charge in [-0.3, -0.25) is 4.79 Å². The summed E-state index contributed by atoms with van der Waals surface area (Å²) in [6.07, 6.45) is -0.366. The van der Waals surface area contributed by atoms with Crippen molar-refractivity contribution in [2.24, 2.45) is 5.73 Å². The number of carbonyl (C=O) groups excluding carboxylic acids is 1. The monoisotopic (exact) mass is 280 g/mol. The summed E-state index contributed by atoms with van der Waals surface area (Å²) in [6, 6.07) is 3.02. The third-order valence-corrected chi connectivity index (χ3v) is 3.33. The molecular weight excluding hydrogens is 264 g/mol. The van der Waals surface area contributed by atoms with Gasteiger partial charge in [0.25, 0.3) is 5.91 Å². The molecule has 0 aliphatic carbocycles. The number of anilines is 1. The van der Waals surface area contributed by atoms with Crippen molar-refractivity contribution in [2.75, 3.05) is 18.8 Å². The molecule has 0 atom stereocenters. The van der Waals surface area contributed by atoms with E-state index in [-0.39, 0.29) is 30.4 Å². The summed E-state index contributed by atoms with van der Waals surface area (Å²) in [4.78, 5) is 27.2. The first kappa shape index (κ1) is 13.9. The van der Waals surface area contributed by atoms with Crippen molar-refractivity contribution in [3.63, 3.8) is 0 Å². The largest absolute Gasteiger partial charge is 0.467 e. The van der Waals surface area contributed by atoms with Crippen LogP contribution in [0.15, 0.2) is 12.1 Å². The van der Waals surface area contributed by atoms with Gasteiger partial charge in [-0.1, -0.05) is 6.92 Å². The molecule has 5 N–H and O–H groups in total. The van der Waals surface area contributed by atoms with Crippen LogP contribution in [0.2, 0.25) is 0 Å². The Labute approximate surface area is 115 Å². The van der Waals surface area contributed by atoms with E-state index < -0.39 is 17.6 Å². The van der Waals surface area contributed by atoms with Gasteiger partial charge in [0.15, 0.2) is 5.69 Å². The lowest BCUT2D eigenvalue weighted by molar-refractivity contribution is -0.0687. The van der Waals surface area contributed by atoms with Crippen molar-refractivity contribution in [1.29, 1.82) is 0 Å². The molecule has 2 heterocycles. The molecule has 2 amide bonds. The number of nitrogen functional groups attached to an aromatic ring is 1. The lowest BCUT2D eigenvalue weighted by atomic mass is 9.91. The Morgan fingerprint density at radius 1 is 1.50 bits per heavy atom. The summed E-state index contributed by atoms with van der Waals surface area (Å²) in [5.74, 6) is -0.529. The van der Waals surface area contributed by atoms with Crippen molar-refractivity contribution in [3.05, 3.63) is 17.8 Å². The number of nitrogens with two attached hydrogens (primary N) is 2. The number of amides is 2. The first-order valence-electron chi connectivity index (χ1n) is 6.10. The standard InChI is InChI=1S/C12H16N4O4/c1-2-12(5-16(6-12)11(18)19)20-8-4-3-7(13)9(15-8)10(14)17/h3-4H,2,5-6,13H2,1H3,(H2,14,17)(H,18,19). The number of aromatic nitrogens is 1. The number of pyridine rings is 1. The van der Waals surface area contributed by atoms with Crippen LogP contribution in [-0.4, -0.2) is 45.7 Å². The van der Waals surface area contributed by atoms with Gasteiger partial charge in [-0.15, -0.1) is 0 Å². The van der Waals surface area contributed by atoms with E-state index in [1.807, 2.05) is 6.92 Å². The second kappa shape index (κ2) is 4.87. The van der Waals surface area contributed by atoms with Crippen LogP contribution in [0.5, 0.6) is 5.88 Å². The quantitative estimate of drug-likeness (QED) is 0.726. The molecule has 0 bridgehead atoms. The van der Waals surface area contributed by atoms with E-state index >= 15 is 0 Å². The summed E-state index contributed by atoms with van der Waals surface area (Å²) in [6.45, 7) is 2.42. The number of hydrogen-bond donors (Lipinski definition) is 3. The molecule has 20 heavy (non-hydrogen) atoms. The molecule has 0 aromatic carbocycles. The Balaban J connectivity index is 2.15.